The molecule has 1 nitrogen and oxygen atoms in total. The molecule has 1 aromatic rings. The van der Waals surface area contributed by atoms with Gasteiger partial charge in [-0.15, -0.1) is 0 Å². The van der Waals surface area contributed by atoms with Gasteiger partial charge in [0.25, 0.3) is 0 Å². The van der Waals surface area contributed by atoms with Crippen molar-refractivity contribution in [3.8, 4) is 0 Å². The Kier molecular flexibility index (Phi) is 3.44. The van der Waals surface area contributed by atoms with Crippen LogP contribution in [0, 0.1) is 5.92 Å². The summed E-state index contributed by atoms with van der Waals surface area (Å²) in [6.45, 7) is 5.72. The van der Waals surface area contributed by atoms with Crippen molar-refractivity contribution < 1.29 is 4.79 Å². The second kappa shape index (κ2) is 4.61. The average Bonchev–Trinajstić information content (AvgIpc) is 2.18. The smallest absolute Gasteiger partial charge is 0.145 e. The van der Waals surface area contributed by atoms with Gasteiger partial charge in [0.05, 0.1) is 0 Å². The molecule has 0 saturated carbocycles. The van der Waals surface area contributed by atoms with Crippen molar-refractivity contribution >= 4 is 6.29 Å². The third kappa shape index (κ3) is 2.86. The van der Waals surface area contributed by atoms with Crippen molar-refractivity contribution in [2.45, 2.75) is 13.3 Å². The van der Waals surface area contributed by atoms with E-state index in [4.69, 9.17) is 0 Å². The molecule has 0 aliphatic carbocycles. The third-order valence-electron chi connectivity index (χ3n) is 2.17. The minimum absolute atomic E-state index is 0.236. The van der Waals surface area contributed by atoms with Crippen LogP contribution in [0.3, 0.4) is 0 Å². The largest absolute Gasteiger partial charge is 0.298 e. The zero-order chi connectivity index (χ0) is 9.68. The van der Waals surface area contributed by atoms with Gasteiger partial charge >= 0.3 is 0 Å². The number of hydrogen-bond donors (Lipinski definition) is 0. The molecule has 0 saturated heterocycles. The zero-order valence-electron chi connectivity index (χ0n) is 7.86. The van der Waals surface area contributed by atoms with Gasteiger partial charge in [0, 0.05) is 0 Å². The van der Waals surface area contributed by atoms with Crippen LogP contribution in [0.4, 0.5) is 0 Å². The topological polar surface area (TPSA) is 17.1 Å². The Labute approximate surface area is 79.1 Å². The highest BCUT2D eigenvalue weighted by molar-refractivity contribution is 5.72. The van der Waals surface area contributed by atoms with Gasteiger partial charge in [-0.2, -0.15) is 0 Å². The molecule has 0 radical (unpaired) electrons. The van der Waals surface area contributed by atoms with Gasteiger partial charge in [-0.25, -0.2) is 0 Å². The van der Waals surface area contributed by atoms with Gasteiger partial charge in [0.1, 0.15) is 6.29 Å². The molecular formula is C12H14O. The van der Waals surface area contributed by atoms with Crippen LogP contribution < -0.4 is 0 Å². The first-order chi connectivity index (χ1) is 6.24. The van der Waals surface area contributed by atoms with Crippen molar-refractivity contribution in [2.75, 3.05) is 0 Å². The van der Waals surface area contributed by atoms with E-state index in [-0.39, 0.29) is 5.92 Å². The Morgan fingerprint density at radius 2 is 2.08 bits per heavy atom. The molecule has 0 amide bonds. The number of allylic oxidation sites excluding steroid dienone is 1. The van der Waals surface area contributed by atoms with Gasteiger partial charge in [0.15, 0.2) is 0 Å². The van der Waals surface area contributed by atoms with Crippen LogP contribution >= 0.6 is 0 Å². The number of hydrogen-bond acceptors (Lipinski definition) is 1. The molecule has 0 N–H and O–H groups in total. The summed E-state index contributed by atoms with van der Waals surface area (Å²) in [5, 5.41) is 0. The molecule has 1 heteroatoms. The second-order valence-corrected chi connectivity index (χ2v) is 3.28. The fourth-order valence-corrected chi connectivity index (χ4v) is 1.21. The van der Waals surface area contributed by atoms with Gasteiger partial charge in [-0.05, 0) is 23.5 Å². The maximum atomic E-state index is 10.4. The lowest BCUT2D eigenvalue weighted by atomic mass is 9.95. The molecule has 0 fully saturated rings. The quantitative estimate of drug-likeness (QED) is 0.506. The Morgan fingerprint density at radius 1 is 1.46 bits per heavy atom. The molecule has 0 aromatic heterocycles. The van der Waals surface area contributed by atoms with Crippen LogP contribution in [0.25, 0.3) is 0 Å². The molecule has 0 heterocycles. The van der Waals surface area contributed by atoms with E-state index in [0.29, 0.717) is 5.57 Å². The molecule has 1 atom stereocenters. The molecule has 1 unspecified atom stereocenters. The standard InChI is InChI=1S/C12H14O/c1-10(11(2)9-13)8-12-6-4-3-5-7-12/h3-7,9-10H,2,8H2,1H3. The third-order valence-corrected chi connectivity index (χ3v) is 2.17. The van der Waals surface area contributed by atoms with Crippen LogP contribution in [0.1, 0.15) is 12.5 Å². The predicted octanol–water partition coefficient (Wildman–Crippen LogP) is 2.62. The van der Waals surface area contributed by atoms with Crippen molar-refractivity contribution in [3.05, 3.63) is 48.0 Å². The Balaban J connectivity index is 2.60. The van der Waals surface area contributed by atoms with E-state index in [2.05, 4.69) is 18.7 Å². The summed E-state index contributed by atoms with van der Waals surface area (Å²) in [5.74, 6) is 0.236. The van der Waals surface area contributed by atoms with Crippen LogP contribution in [-0.2, 0) is 11.2 Å². The molecule has 1 rings (SSSR count). The van der Waals surface area contributed by atoms with Gasteiger partial charge in [-0.3, -0.25) is 4.79 Å². The SMILES string of the molecule is C=C(C=O)C(C)Cc1ccccc1. The minimum Gasteiger partial charge on any atom is -0.298 e. The molecule has 0 aliphatic rings. The monoisotopic (exact) mass is 174 g/mol. The predicted molar refractivity (Wildman–Crippen MR) is 54.5 cm³/mol. The molecule has 68 valence electrons. The highest BCUT2D eigenvalue weighted by Crippen LogP contribution is 2.13. The normalized spacial score (nSPS) is 12.1. The van der Waals surface area contributed by atoms with E-state index in [1.54, 1.807) is 0 Å². The fourth-order valence-electron chi connectivity index (χ4n) is 1.21. The van der Waals surface area contributed by atoms with Crippen molar-refractivity contribution in [3.63, 3.8) is 0 Å². The lowest BCUT2D eigenvalue weighted by molar-refractivity contribution is -0.105. The van der Waals surface area contributed by atoms with Gasteiger partial charge in [-0.1, -0.05) is 43.8 Å². The molecule has 13 heavy (non-hydrogen) atoms. The summed E-state index contributed by atoms with van der Waals surface area (Å²) in [6, 6.07) is 10.1. The Hall–Kier alpha value is -1.37. The second-order valence-electron chi connectivity index (χ2n) is 3.28. The average molecular weight is 174 g/mol. The highest BCUT2D eigenvalue weighted by Gasteiger charge is 2.05. The summed E-state index contributed by atoms with van der Waals surface area (Å²) in [7, 11) is 0. The van der Waals surface area contributed by atoms with E-state index in [1.807, 2.05) is 25.1 Å². The van der Waals surface area contributed by atoms with Crippen LogP contribution in [0.2, 0.25) is 0 Å². The summed E-state index contributed by atoms with van der Waals surface area (Å²) in [4.78, 5) is 10.4. The lowest BCUT2D eigenvalue weighted by Gasteiger charge is -2.09. The molecule has 1 aromatic carbocycles. The summed E-state index contributed by atoms with van der Waals surface area (Å²) in [6.07, 6.45) is 1.73. The van der Waals surface area contributed by atoms with Crippen LogP contribution in [0.5, 0.6) is 0 Å². The van der Waals surface area contributed by atoms with Crippen molar-refractivity contribution in [1.82, 2.24) is 0 Å². The number of aldehydes is 1. The maximum Gasteiger partial charge on any atom is 0.145 e. The Bertz CT molecular complexity index is 287. The number of rotatable bonds is 4. The fraction of sp³-hybridized carbons (Fsp3) is 0.250. The first-order valence-electron chi connectivity index (χ1n) is 4.42. The molecule has 0 spiro atoms. The minimum atomic E-state index is 0.236. The first kappa shape index (κ1) is 9.72. The van der Waals surface area contributed by atoms with Crippen LogP contribution in [-0.4, -0.2) is 6.29 Å². The van der Waals surface area contributed by atoms with Gasteiger partial charge in [0.2, 0.25) is 0 Å². The van der Waals surface area contributed by atoms with E-state index in [1.165, 1.54) is 5.56 Å². The van der Waals surface area contributed by atoms with Crippen molar-refractivity contribution in [1.29, 1.82) is 0 Å². The molecule has 0 bridgehead atoms. The lowest BCUT2D eigenvalue weighted by Crippen LogP contribution is -2.03. The summed E-state index contributed by atoms with van der Waals surface area (Å²) in [5.41, 5.74) is 1.92. The summed E-state index contributed by atoms with van der Waals surface area (Å²) < 4.78 is 0. The van der Waals surface area contributed by atoms with E-state index < -0.39 is 0 Å². The highest BCUT2D eigenvalue weighted by atomic mass is 16.1. The number of carbonyl (C=O) groups is 1. The molecular weight excluding hydrogens is 160 g/mol. The summed E-state index contributed by atoms with van der Waals surface area (Å²) >= 11 is 0. The zero-order valence-corrected chi connectivity index (χ0v) is 7.86. The van der Waals surface area contributed by atoms with E-state index in [9.17, 15) is 4.79 Å². The van der Waals surface area contributed by atoms with E-state index in [0.717, 1.165) is 12.7 Å². The molecule has 0 aliphatic heterocycles. The number of carbonyl (C=O) groups excluding carboxylic acids is 1. The Morgan fingerprint density at radius 3 is 2.62 bits per heavy atom. The first-order valence-corrected chi connectivity index (χ1v) is 4.42. The maximum absolute atomic E-state index is 10.4. The van der Waals surface area contributed by atoms with Gasteiger partial charge < -0.3 is 0 Å². The van der Waals surface area contributed by atoms with E-state index >= 15 is 0 Å². The number of benzene rings is 1. The van der Waals surface area contributed by atoms with Crippen molar-refractivity contribution in [2.24, 2.45) is 5.92 Å². The van der Waals surface area contributed by atoms with Crippen LogP contribution in [0.15, 0.2) is 42.5 Å².